The van der Waals surface area contributed by atoms with Gasteiger partial charge in [0.2, 0.25) is 0 Å². The predicted molar refractivity (Wildman–Crippen MR) is 137 cm³/mol. The number of carbonyl (C=O) groups is 1. The van der Waals surface area contributed by atoms with Crippen LogP contribution in [0.5, 0.6) is 17.2 Å². The molecule has 1 heterocycles. The maximum atomic E-state index is 13.2. The van der Waals surface area contributed by atoms with Crippen molar-refractivity contribution in [3.63, 3.8) is 0 Å². The fraction of sp³-hybridized carbons (Fsp3) is 0.391. The first-order chi connectivity index (χ1) is 15.5. The van der Waals surface area contributed by atoms with E-state index in [-0.39, 0.29) is 24.9 Å². The van der Waals surface area contributed by atoms with Crippen molar-refractivity contribution in [1.29, 1.82) is 0 Å². The number of ether oxygens (including phenoxy) is 3. The third-order valence-electron chi connectivity index (χ3n) is 5.16. The van der Waals surface area contributed by atoms with Crippen LogP contribution in [-0.4, -0.2) is 62.8 Å². The quantitative estimate of drug-likeness (QED) is 0.353. The molecule has 0 atom stereocenters. The Balaban J connectivity index is 0.00000385. The SMILES string of the molecule is CCN(CC)CCN(C(=O)COc1ccc(OC)cc1)c1nc2c(OC)ccc(Cl)c2s1.Cl. The molecule has 3 aromatic rings. The second-order valence-corrected chi connectivity index (χ2v) is 8.35. The van der Waals surface area contributed by atoms with Crippen LogP contribution in [0.25, 0.3) is 10.2 Å². The number of benzene rings is 2. The van der Waals surface area contributed by atoms with E-state index >= 15 is 0 Å². The van der Waals surface area contributed by atoms with Gasteiger partial charge >= 0.3 is 0 Å². The molecular formula is C23H29Cl2N3O4S. The van der Waals surface area contributed by atoms with Gasteiger partial charge < -0.3 is 19.1 Å². The van der Waals surface area contributed by atoms with E-state index < -0.39 is 0 Å². The molecule has 10 heteroatoms. The lowest BCUT2D eigenvalue weighted by Gasteiger charge is -2.24. The predicted octanol–water partition coefficient (Wildman–Crippen LogP) is 5.14. The Kier molecular flexibility index (Phi) is 10.5. The van der Waals surface area contributed by atoms with E-state index in [0.29, 0.717) is 33.7 Å². The number of thiazole rings is 1. The Hall–Kier alpha value is -2.26. The number of anilines is 1. The summed E-state index contributed by atoms with van der Waals surface area (Å²) in [6.45, 7) is 7.12. The van der Waals surface area contributed by atoms with Crippen molar-refractivity contribution in [3.8, 4) is 17.2 Å². The number of hydrogen-bond donors (Lipinski definition) is 0. The number of likely N-dealkylation sites (N-methyl/N-ethyl adjacent to an activating group) is 1. The molecule has 0 aliphatic carbocycles. The molecule has 0 fully saturated rings. The van der Waals surface area contributed by atoms with Crippen LogP contribution in [0, 0.1) is 0 Å². The number of nitrogens with zero attached hydrogens (tertiary/aromatic N) is 3. The van der Waals surface area contributed by atoms with E-state index in [0.717, 1.165) is 30.1 Å². The number of carbonyl (C=O) groups excluding carboxylic acids is 1. The third-order valence-corrected chi connectivity index (χ3v) is 6.69. The number of rotatable bonds is 11. The van der Waals surface area contributed by atoms with Gasteiger partial charge in [0, 0.05) is 13.1 Å². The van der Waals surface area contributed by atoms with Crippen molar-refractivity contribution in [2.24, 2.45) is 0 Å². The van der Waals surface area contributed by atoms with E-state index in [1.54, 1.807) is 55.5 Å². The topological polar surface area (TPSA) is 64.1 Å². The van der Waals surface area contributed by atoms with Crippen LogP contribution < -0.4 is 19.1 Å². The average Bonchev–Trinajstić information content (AvgIpc) is 3.27. The van der Waals surface area contributed by atoms with Crippen molar-refractivity contribution in [2.75, 3.05) is 51.9 Å². The zero-order chi connectivity index (χ0) is 23.1. The third kappa shape index (κ3) is 6.63. The summed E-state index contributed by atoms with van der Waals surface area (Å²) in [5.74, 6) is 1.77. The molecule has 0 aliphatic heterocycles. The fourth-order valence-corrected chi connectivity index (χ4v) is 4.52. The average molecular weight is 514 g/mol. The van der Waals surface area contributed by atoms with Crippen LogP contribution in [0.4, 0.5) is 5.13 Å². The Labute approximate surface area is 209 Å². The number of hydrogen-bond acceptors (Lipinski definition) is 7. The Morgan fingerprint density at radius 1 is 1.00 bits per heavy atom. The van der Waals surface area contributed by atoms with Crippen LogP contribution in [0.3, 0.4) is 0 Å². The second-order valence-electron chi connectivity index (χ2n) is 6.96. The molecule has 0 spiro atoms. The van der Waals surface area contributed by atoms with Crippen LogP contribution in [0.2, 0.25) is 5.02 Å². The second kappa shape index (κ2) is 12.8. The smallest absolute Gasteiger partial charge is 0.266 e. The minimum Gasteiger partial charge on any atom is -0.497 e. The lowest BCUT2D eigenvalue weighted by Crippen LogP contribution is -2.41. The zero-order valence-electron chi connectivity index (χ0n) is 19.2. The van der Waals surface area contributed by atoms with Gasteiger partial charge in [-0.25, -0.2) is 4.98 Å². The molecule has 0 saturated heterocycles. The molecule has 33 heavy (non-hydrogen) atoms. The van der Waals surface area contributed by atoms with Gasteiger partial charge in [0.25, 0.3) is 5.91 Å². The monoisotopic (exact) mass is 513 g/mol. The molecule has 0 bridgehead atoms. The van der Waals surface area contributed by atoms with Crippen LogP contribution in [0.15, 0.2) is 36.4 Å². The normalized spacial score (nSPS) is 10.7. The molecule has 0 aliphatic rings. The Morgan fingerprint density at radius 2 is 1.67 bits per heavy atom. The minimum atomic E-state index is -0.179. The molecule has 1 amide bonds. The number of halogens is 2. The van der Waals surface area contributed by atoms with Crippen LogP contribution in [-0.2, 0) is 4.79 Å². The minimum absolute atomic E-state index is 0. The van der Waals surface area contributed by atoms with Crippen LogP contribution >= 0.6 is 35.3 Å². The van der Waals surface area contributed by atoms with Gasteiger partial charge in [-0.1, -0.05) is 36.8 Å². The molecule has 0 saturated carbocycles. The van der Waals surface area contributed by atoms with Crippen molar-refractivity contribution >= 4 is 56.6 Å². The van der Waals surface area contributed by atoms with Gasteiger partial charge in [0.15, 0.2) is 11.7 Å². The molecular weight excluding hydrogens is 485 g/mol. The highest BCUT2D eigenvalue weighted by Crippen LogP contribution is 2.38. The van der Waals surface area contributed by atoms with Gasteiger partial charge in [-0.15, -0.1) is 12.4 Å². The molecule has 0 radical (unpaired) electrons. The van der Waals surface area contributed by atoms with E-state index in [1.807, 2.05) is 0 Å². The van der Waals surface area contributed by atoms with Gasteiger partial charge in [0.05, 0.1) is 23.9 Å². The Morgan fingerprint density at radius 3 is 2.27 bits per heavy atom. The summed E-state index contributed by atoms with van der Waals surface area (Å²) >= 11 is 7.76. The Bertz CT molecular complexity index is 1040. The fourth-order valence-electron chi connectivity index (χ4n) is 3.22. The highest BCUT2D eigenvalue weighted by molar-refractivity contribution is 7.23. The van der Waals surface area contributed by atoms with E-state index in [2.05, 4.69) is 18.7 Å². The molecule has 3 rings (SSSR count). The first kappa shape index (κ1) is 27.0. The molecule has 7 nitrogen and oxygen atoms in total. The molecule has 2 aromatic carbocycles. The summed E-state index contributed by atoms with van der Waals surface area (Å²) in [5.41, 5.74) is 0.650. The molecule has 180 valence electrons. The maximum absolute atomic E-state index is 13.2. The van der Waals surface area contributed by atoms with E-state index in [4.69, 9.17) is 30.8 Å². The standard InChI is InChI=1S/C23H28ClN3O4S.ClH/c1-5-26(6-2)13-14-27(20(28)15-31-17-9-7-16(29-3)8-10-17)23-25-21-19(30-4)12-11-18(24)22(21)32-23;/h7-12H,5-6,13-15H2,1-4H3;1H. The highest BCUT2D eigenvalue weighted by atomic mass is 35.5. The summed E-state index contributed by atoms with van der Waals surface area (Å²) in [6, 6.07) is 10.7. The number of methoxy groups -OCH3 is 2. The summed E-state index contributed by atoms with van der Waals surface area (Å²) in [6.07, 6.45) is 0. The highest BCUT2D eigenvalue weighted by Gasteiger charge is 2.23. The number of aromatic nitrogens is 1. The van der Waals surface area contributed by atoms with E-state index in [9.17, 15) is 4.79 Å². The van der Waals surface area contributed by atoms with Crippen molar-refractivity contribution in [2.45, 2.75) is 13.8 Å². The van der Waals surface area contributed by atoms with Crippen molar-refractivity contribution < 1.29 is 19.0 Å². The molecule has 0 N–H and O–H groups in total. The lowest BCUT2D eigenvalue weighted by atomic mass is 10.3. The molecule has 1 aromatic heterocycles. The van der Waals surface area contributed by atoms with Gasteiger partial charge in [0.1, 0.15) is 22.8 Å². The van der Waals surface area contributed by atoms with Crippen molar-refractivity contribution in [1.82, 2.24) is 9.88 Å². The summed E-state index contributed by atoms with van der Waals surface area (Å²) in [4.78, 5) is 21.8. The first-order valence-electron chi connectivity index (χ1n) is 10.4. The summed E-state index contributed by atoms with van der Waals surface area (Å²) in [7, 11) is 3.19. The molecule has 0 unspecified atom stereocenters. The summed E-state index contributed by atoms with van der Waals surface area (Å²) < 4.78 is 17.1. The van der Waals surface area contributed by atoms with Gasteiger partial charge in [-0.3, -0.25) is 9.69 Å². The number of fused-ring (bicyclic) bond motifs is 1. The van der Waals surface area contributed by atoms with Crippen molar-refractivity contribution in [3.05, 3.63) is 41.4 Å². The zero-order valence-corrected chi connectivity index (χ0v) is 21.6. The van der Waals surface area contributed by atoms with Crippen LogP contribution in [0.1, 0.15) is 13.8 Å². The summed E-state index contributed by atoms with van der Waals surface area (Å²) in [5, 5.41) is 1.15. The first-order valence-corrected chi connectivity index (χ1v) is 11.6. The largest absolute Gasteiger partial charge is 0.497 e. The van der Waals surface area contributed by atoms with Gasteiger partial charge in [-0.2, -0.15) is 0 Å². The number of amides is 1. The lowest BCUT2D eigenvalue weighted by molar-refractivity contribution is -0.120. The van der Waals surface area contributed by atoms with Gasteiger partial charge in [-0.05, 0) is 49.5 Å². The van der Waals surface area contributed by atoms with E-state index in [1.165, 1.54) is 11.3 Å². The maximum Gasteiger partial charge on any atom is 0.266 e.